The molecule has 1 aromatic heterocycles. The van der Waals surface area contributed by atoms with E-state index in [9.17, 15) is 14.4 Å². The fourth-order valence-corrected chi connectivity index (χ4v) is 4.11. The van der Waals surface area contributed by atoms with Gasteiger partial charge in [0.2, 0.25) is 0 Å². The Morgan fingerprint density at radius 3 is 2.17 bits per heavy atom. The van der Waals surface area contributed by atoms with Crippen LogP contribution in [0.3, 0.4) is 0 Å². The number of fused-ring (bicyclic) bond motifs is 3. The lowest BCUT2D eigenvalue weighted by Gasteiger charge is -2.18. The molecule has 5 rings (SSSR count). The molecule has 0 aliphatic heterocycles. The summed E-state index contributed by atoms with van der Waals surface area (Å²) in [4.78, 5) is 38.7. The van der Waals surface area contributed by atoms with Crippen LogP contribution in [-0.4, -0.2) is 22.0 Å². The first-order chi connectivity index (χ1) is 14.6. The Hall–Kier alpha value is -3.99. The lowest BCUT2D eigenvalue weighted by molar-refractivity contribution is 0.0979. The first-order valence-corrected chi connectivity index (χ1v) is 9.80. The van der Waals surface area contributed by atoms with Crippen molar-refractivity contribution < 1.29 is 14.4 Å². The van der Waals surface area contributed by atoms with Crippen molar-refractivity contribution in [3.8, 4) is 0 Å². The molecule has 0 fully saturated rings. The summed E-state index contributed by atoms with van der Waals surface area (Å²) in [7, 11) is 0. The van der Waals surface area contributed by atoms with Gasteiger partial charge in [0.05, 0.1) is 0 Å². The van der Waals surface area contributed by atoms with E-state index in [1.165, 1.54) is 0 Å². The van der Waals surface area contributed by atoms with Crippen molar-refractivity contribution in [3.63, 3.8) is 0 Å². The summed E-state index contributed by atoms with van der Waals surface area (Å²) in [5.41, 5.74) is 3.50. The van der Waals surface area contributed by atoms with Gasteiger partial charge < -0.3 is 9.88 Å². The summed E-state index contributed by atoms with van der Waals surface area (Å²) in [6.07, 6.45) is 0. The van der Waals surface area contributed by atoms with Gasteiger partial charge >= 0.3 is 0 Å². The lowest BCUT2D eigenvalue weighted by Crippen LogP contribution is -2.22. The Morgan fingerprint density at radius 1 is 0.800 bits per heavy atom. The number of amides is 1. The summed E-state index contributed by atoms with van der Waals surface area (Å²) in [6.45, 7) is 2.65. The second-order valence-electron chi connectivity index (χ2n) is 7.25. The van der Waals surface area contributed by atoms with Gasteiger partial charge in [-0.25, -0.2) is 0 Å². The highest BCUT2D eigenvalue weighted by Crippen LogP contribution is 2.29. The van der Waals surface area contributed by atoms with Gasteiger partial charge in [-0.05, 0) is 37.3 Å². The predicted molar refractivity (Wildman–Crippen MR) is 115 cm³/mol. The van der Waals surface area contributed by atoms with Gasteiger partial charge in [-0.15, -0.1) is 0 Å². The van der Waals surface area contributed by atoms with E-state index in [1.807, 2.05) is 41.8 Å². The number of carbonyl (C=O) groups is 3. The van der Waals surface area contributed by atoms with E-state index in [0.717, 1.165) is 10.9 Å². The number of hydrogen-bond acceptors (Lipinski definition) is 3. The molecule has 0 saturated carbocycles. The number of nitrogens with zero attached hydrogens (tertiary/aromatic N) is 1. The van der Waals surface area contributed by atoms with Crippen LogP contribution in [0.5, 0.6) is 0 Å². The number of aromatic nitrogens is 1. The normalized spacial score (nSPS) is 12.6. The van der Waals surface area contributed by atoms with Crippen LogP contribution in [0.1, 0.15) is 49.3 Å². The molecule has 3 aromatic carbocycles. The second-order valence-corrected chi connectivity index (χ2v) is 7.25. The standard InChI is InChI=1S/C25H18N2O3/c1-2-27-21-10-6-3-7-15(21)13-22(27)25(30)26-16-11-12-19-20(14-16)24(29)18-9-5-4-8-17(18)23(19)28/h3-14H,2H2,1H3,(H,26,30). The van der Waals surface area contributed by atoms with E-state index in [2.05, 4.69) is 5.32 Å². The van der Waals surface area contributed by atoms with Gasteiger partial charge in [0, 0.05) is 45.4 Å². The van der Waals surface area contributed by atoms with E-state index in [0.29, 0.717) is 40.2 Å². The van der Waals surface area contributed by atoms with Crippen LogP contribution in [-0.2, 0) is 6.54 Å². The van der Waals surface area contributed by atoms with Crippen molar-refractivity contribution in [1.29, 1.82) is 0 Å². The Kier molecular flexibility index (Phi) is 4.10. The number of rotatable bonds is 3. The van der Waals surface area contributed by atoms with Gasteiger partial charge in [0.25, 0.3) is 5.91 Å². The molecule has 0 bridgehead atoms. The van der Waals surface area contributed by atoms with Gasteiger partial charge in [-0.3, -0.25) is 14.4 Å². The molecule has 1 N–H and O–H groups in total. The molecule has 4 aromatic rings. The summed E-state index contributed by atoms with van der Waals surface area (Å²) in [6, 6.07) is 21.4. The van der Waals surface area contributed by atoms with Crippen LogP contribution >= 0.6 is 0 Å². The number of anilines is 1. The number of carbonyl (C=O) groups excluding carboxylic acids is 3. The molecule has 1 aliphatic rings. The molecule has 5 nitrogen and oxygen atoms in total. The molecule has 0 unspecified atom stereocenters. The van der Waals surface area contributed by atoms with Crippen LogP contribution in [0, 0.1) is 0 Å². The monoisotopic (exact) mass is 394 g/mol. The zero-order valence-corrected chi connectivity index (χ0v) is 16.3. The highest BCUT2D eigenvalue weighted by atomic mass is 16.2. The maximum absolute atomic E-state index is 13.0. The average molecular weight is 394 g/mol. The molecule has 0 spiro atoms. The molecule has 0 radical (unpaired) electrons. The zero-order chi connectivity index (χ0) is 20.8. The molecule has 5 heteroatoms. The molecule has 30 heavy (non-hydrogen) atoms. The summed E-state index contributed by atoms with van der Waals surface area (Å²) in [5.74, 6) is -0.647. The van der Waals surface area contributed by atoms with Crippen molar-refractivity contribution in [2.24, 2.45) is 0 Å². The summed E-state index contributed by atoms with van der Waals surface area (Å²) < 4.78 is 1.95. The second kappa shape index (κ2) is 6.81. The fourth-order valence-electron chi connectivity index (χ4n) is 4.11. The summed E-state index contributed by atoms with van der Waals surface area (Å²) >= 11 is 0. The Bertz CT molecular complexity index is 1360. The molecule has 1 amide bonds. The molecular weight excluding hydrogens is 376 g/mol. The van der Waals surface area contributed by atoms with Crippen molar-refractivity contribution >= 4 is 34.1 Å². The molecule has 1 heterocycles. The molecule has 1 aliphatic carbocycles. The van der Waals surface area contributed by atoms with Crippen LogP contribution < -0.4 is 5.32 Å². The van der Waals surface area contributed by atoms with Crippen molar-refractivity contribution in [2.45, 2.75) is 13.5 Å². The Morgan fingerprint density at radius 2 is 1.43 bits per heavy atom. The third-order valence-electron chi connectivity index (χ3n) is 5.54. The van der Waals surface area contributed by atoms with E-state index in [-0.39, 0.29) is 17.5 Å². The quantitative estimate of drug-likeness (QED) is 0.483. The zero-order valence-electron chi connectivity index (χ0n) is 16.3. The van der Waals surface area contributed by atoms with E-state index < -0.39 is 0 Å². The maximum Gasteiger partial charge on any atom is 0.272 e. The predicted octanol–water partition coefficient (Wildman–Crippen LogP) is 4.69. The van der Waals surface area contributed by atoms with Gasteiger partial charge in [-0.1, -0.05) is 42.5 Å². The summed E-state index contributed by atoms with van der Waals surface area (Å²) in [5, 5.41) is 3.87. The first kappa shape index (κ1) is 18.1. The van der Waals surface area contributed by atoms with Gasteiger partial charge in [0.1, 0.15) is 5.69 Å². The van der Waals surface area contributed by atoms with Crippen LogP contribution in [0.2, 0.25) is 0 Å². The molecule has 146 valence electrons. The number of para-hydroxylation sites is 1. The number of benzene rings is 3. The SMILES string of the molecule is CCn1c(C(=O)Nc2ccc3c(c2)C(=O)c2ccccc2C3=O)cc2ccccc21. The fraction of sp³-hybridized carbons (Fsp3) is 0.0800. The largest absolute Gasteiger partial charge is 0.337 e. The number of aryl methyl sites for hydroxylation is 1. The highest BCUT2D eigenvalue weighted by Gasteiger charge is 2.29. The van der Waals surface area contributed by atoms with E-state index in [1.54, 1.807) is 42.5 Å². The van der Waals surface area contributed by atoms with Gasteiger partial charge in [-0.2, -0.15) is 0 Å². The smallest absolute Gasteiger partial charge is 0.272 e. The third kappa shape index (κ3) is 2.67. The van der Waals surface area contributed by atoms with E-state index >= 15 is 0 Å². The highest BCUT2D eigenvalue weighted by molar-refractivity contribution is 6.28. The Balaban J connectivity index is 1.51. The van der Waals surface area contributed by atoms with E-state index in [4.69, 9.17) is 0 Å². The van der Waals surface area contributed by atoms with Crippen molar-refractivity contribution in [1.82, 2.24) is 4.57 Å². The van der Waals surface area contributed by atoms with Crippen LogP contribution in [0.15, 0.2) is 72.8 Å². The molecular formula is C25H18N2O3. The first-order valence-electron chi connectivity index (χ1n) is 9.80. The van der Waals surface area contributed by atoms with Gasteiger partial charge in [0.15, 0.2) is 11.6 Å². The average Bonchev–Trinajstić information content (AvgIpc) is 3.16. The maximum atomic E-state index is 13.0. The minimum Gasteiger partial charge on any atom is -0.337 e. The molecule has 0 saturated heterocycles. The van der Waals surface area contributed by atoms with Crippen molar-refractivity contribution in [2.75, 3.05) is 5.32 Å². The minimum absolute atomic E-state index is 0.177. The Labute approximate surface area is 172 Å². The number of hydrogen-bond donors (Lipinski definition) is 1. The minimum atomic E-state index is -0.261. The topological polar surface area (TPSA) is 68.2 Å². The number of nitrogens with one attached hydrogen (secondary N) is 1. The number of ketones is 2. The van der Waals surface area contributed by atoms with Crippen molar-refractivity contribution in [3.05, 3.63) is 101 Å². The van der Waals surface area contributed by atoms with Crippen LogP contribution in [0.4, 0.5) is 5.69 Å². The molecule has 0 atom stereocenters. The lowest BCUT2D eigenvalue weighted by atomic mass is 9.84. The van der Waals surface area contributed by atoms with Crippen LogP contribution in [0.25, 0.3) is 10.9 Å². The third-order valence-corrected chi connectivity index (χ3v) is 5.54.